The molecular formula is C86H85ClN10O19. The number of pyridine rings is 4. The Morgan fingerprint density at radius 3 is 0.991 bits per heavy atom. The Hall–Kier alpha value is -14.2. The number of esters is 2. The molecule has 4 aromatic heterocycles. The number of nitrogens with two attached hydrogens (primary N) is 4. The number of halogens is 1. The number of carboxylic acids is 1. The number of nitrogens with one attached hydrogen (secondary N) is 1. The Balaban J connectivity index is 0.000000168. The highest BCUT2D eigenvalue weighted by molar-refractivity contribution is 6.35. The van der Waals surface area contributed by atoms with Gasteiger partial charge in [0.15, 0.2) is 0 Å². The lowest BCUT2D eigenvalue weighted by Gasteiger charge is -2.15. The van der Waals surface area contributed by atoms with Gasteiger partial charge in [-0.25, -0.2) is 0 Å². The molecule has 30 heteroatoms. The van der Waals surface area contributed by atoms with Crippen LogP contribution in [0.1, 0.15) is 89.4 Å². The van der Waals surface area contributed by atoms with Gasteiger partial charge in [0, 0.05) is 83.7 Å². The minimum absolute atomic E-state index is 0.0553. The van der Waals surface area contributed by atoms with Crippen molar-refractivity contribution < 1.29 is 91.2 Å². The number of benzene rings is 8. The zero-order valence-corrected chi connectivity index (χ0v) is 65.0. The van der Waals surface area contributed by atoms with Gasteiger partial charge in [-0.1, -0.05) is 60.1 Å². The van der Waals surface area contributed by atoms with E-state index in [9.17, 15) is 38.4 Å². The first-order valence-corrected chi connectivity index (χ1v) is 36.4. The number of primary amides is 4. The van der Waals surface area contributed by atoms with Crippen molar-refractivity contribution in [2.24, 2.45) is 22.9 Å². The predicted octanol–water partition coefficient (Wildman–Crippen LogP) is 12.4. The number of carboxylic acid groups (broad SMARTS) is 1. The average Bonchev–Trinajstić information content (AvgIpc) is 0.868. The maximum Gasteiger partial charge on any atom is 0.309 e. The molecule has 116 heavy (non-hydrogen) atoms. The van der Waals surface area contributed by atoms with Crippen LogP contribution in [0.15, 0.2) is 195 Å². The topological polar surface area (TPSA) is 431 Å². The van der Waals surface area contributed by atoms with Gasteiger partial charge in [-0.2, -0.15) is 0 Å². The number of fused-ring (bicyclic) bond motifs is 4. The van der Waals surface area contributed by atoms with Gasteiger partial charge in [-0.15, -0.1) is 0 Å². The largest absolute Gasteiger partial charge is 0.508 e. The molecule has 0 atom stereocenters. The summed E-state index contributed by atoms with van der Waals surface area (Å²) in [7, 11) is 8.56. The van der Waals surface area contributed by atoms with E-state index in [1.807, 2.05) is 29.2 Å². The van der Waals surface area contributed by atoms with Crippen LogP contribution >= 0.6 is 11.6 Å². The fourth-order valence-electron chi connectivity index (χ4n) is 11.8. The first kappa shape index (κ1) is 85.8. The van der Waals surface area contributed by atoms with Crippen molar-refractivity contribution in [3.63, 3.8) is 0 Å². The van der Waals surface area contributed by atoms with Crippen LogP contribution in [0.4, 0.5) is 0 Å². The van der Waals surface area contributed by atoms with E-state index in [-0.39, 0.29) is 59.5 Å². The SMILES string of the molecule is C1CCNC1.COC(=O)Cc1ccc(O)cc1.COC(=O)Cc1ccc(Oc2ccnc3cc(OC)c(C(N)=O)cc23)cc1.COc1cc2nccc(Cl)c2cc1C(N)=O.COc1cc2nccc(Oc3ccc(CC(=O)N4CCCC4)cc3)c2cc1C(N)=O.COc1cc2nccc(Oc3ccc(CC(=O)O)cc3)c2cc1C(N)=O. The van der Waals surface area contributed by atoms with Crippen molar-refractivity contribution >= 4 is 103 Å². The quantitative estimate of drug-likeness (QED) is 0.0310. The zero-order chi connectivity index (χ0) is 83.4. The number of ether oxygens (including phenoxy) is 9. The minimum Gasteiger partial charge on any atom is -0.508 e. The van der Waals surface area contributed by atoms with Crippen molar-refractivity contribution in [1.29, 1.82) is 0 Å². The molecule has 8 aromatic carbocycles. The van der Waals surface area contributed by atoms with Crippen molar-refractivity contribution in [3.05, 3.63) is 244 Å². The standard InChI is InChI=1S/C23H23N3O4.C20H18N2O5.C19H16N2O5.C11H9ClN2O2.C9H10O3.C4H9N/c1-29-21-14-19-17(13-18(21)23(24)28)20(8-9-25-19)30-16-6-4-15(5-7-16)12-22(27)26-10-2-3-11-26;1-25-18-11-16-14(10-15(18)20(21)24)17(7-8-22-16)27-13-5-3-12(4-6-13)9-19(23)26-2;1-25-17-10-15-13(9-14(17)19(20)24)16(6-7-21-15)26-12-4-2-11(3-5-12)8-18(22)23;1-16-10-5-9-6(4-7(10)11(13)15)8(12)2-3-14-9;1-12-9(11)6-7-2-4-8(10)5-3-7;1-2-4-5-3-1/h4-9,13-14H,2-3,10-12H2,1H3,(H2,24,28);3-8,10-11H,9H2,1-2H3,(H2,21,24);2-7,9-10H,8H2,1H3,(H2,20,24)(H,22,23);2-5H,1H3,(H2,13,15);2-5,10H,6H2,1H3;5H,1-4H2. The lowest BCUT2D eigenvalue weighted by Crippen LogP contribution is -2.28. The number of carbonyl (C=O) groups excluding carboxylic acids is 7. The second-order valence-electron chi connectivity index (χ2n) is 25.7. The molecule has 11 N–H and O–H groups in total. The average molecular weight is 1600 g/mol. The molecule has 2 saturated heterocycles. The molecule has 5 amide bonds. The number of hydrogen-bond acceptors (Lipinski definition) is 23. The summed E-state index contributed by atoms with van der Waals surface area (Å²) in [5, 5.41) is 24.1. The maximum absolute atomic E-state index is 12.3. The molecule has 0 aliphatic carbocycles. The van der Waals surface area contributed by atoms with E-state index in [2.05, 4.69) is 34.7 Å². The number of phenolic OH excluding ortho intramolecular Hbond substituents is 1. The first-order chi connectivity index (χ1) is 55.9. The zero-order valence-electron chi connectivity index (χ0n) is 64.2. The van der Waals surface area contributed by atoms with E-state index in [0.717, 1.165) is 42.6 Å². The van der Waals surface area contributed by atoms with Gasteiger partial charge < -0.3 is 86.0 Å². The predicted molar refractivity (Wildman–Crippen MR) is 434 cm³/mol. The van der Waals surface area contributed by atoms with Gasteiger partial charge in [-0.05, 0) is 158 Å². The number of aliphatic carboxylic acids is 1. The molecule has 0 radical (unpaired) electrons. The van der Waals surface area contributed by atoms with Gasteiger partial charge in [-0.3, -0.25) is 58.3 Å². The fourth-order valence-corrected chi connectivity index (χ4v) is 12.1. The number of carbonyl (C=O) groups is 8. The van der Waals surface area contributed by atoms with Gasteiger partial charge in [0.25, 0.3) is 23.6 Å². The summed E-state index contributed by atoms with van der Waals surface area (Å²) in [5.74, 6) is 1.26. The summed E-state index contributed by atoms with van der Waals surface area (Å²) in [5.41, 5.74) is 28.4. The highest BCUT2D eigenvalue weighted by Gasteiger charge is 2.22. The van der Waals surface area contributed by atoms with Gasteiger partial charge in [0.05, 0.1) is 118 Å². The third-order valence-electron chi connectivity index (χ3n) is 17.8. The molecule has 0 unspecified atom stereocenters. The fraction of sp³-hybridized carbons (Fsp3) is 0.209. The lowest BCUT2D eigenvalue weighted by atomic mass is 10.1. The molecular weight excluding hydrogens is 1510 g/mol. The van der Waals surface area contributed by atoms with Crippen LogP contribution in [0.25, 0.3) is 43.6 Å². The number of likely N-dealkylation sites (tertiary alicyclic amines) is 1. The number of hydrogen-bond donors (Lipinski definition) is 7. The second-order valence-corrected chi connectivity index (χ2v) is 26.1. The molecule has 0 bridgehead atoms. The Labute approximate surface area is 671 Å². The normalized spacial score (nSPS) is 11.7. The van der Waals surface area contributed by atoms with Gasteiger partial charge in [0.2, 0.25) is 5.91 Å². The number of rotatable bonds is 22. The van der Waals surface area contributed by atoms with Crippen molar-refractivity contribution in [2.45, 2.75) is 51.4 Å². The van der Waals surface area contributed by atoms with E-state index in [0.29, 0.717) is 124 Å². The monoisotopic (exact) mass is 1600 g/mol. The van der Waals surface area contributed by atoms with E-state index in [1.54, 1.807) is 158 Å². The third-order valence-corrected chi connectivity index (χ3v) is 18.1. The van der Waals surface area contributed by atoms with Crippen LogP contribution in [-0.2, 0) is 54.3 Å². The number of amides is 5. The first-order valence-electron chi connectivity index (χ1n) is 36.0. The van der Waals surface area contributed by atoms with Crippen molar-refractivity contribution in [3.8, 4) is 63.2 Å². The van der Waals surface area contributed by atoms with E-state index >= 15 is 0 Å². The van der Waals surface area contributed by atoms with Crippen molar-refractivity contribution in [1.82, 2.24) is 30.2 Å². The van der Waals surface area contributed by atoms with Crippen molar-refractivity contribution in [2.75, 3.05) is 68.8 Å². The van der Waals surface area contributed by atoms with E-state index in [1.165, 1.54) is 80.7 Å². The molecule has 14 rings (SSSR count). The Bertz CT molecular complexity index is 5490. The van der Waals surface area contributed by atoms with E-state index in [4.69, 9.17) is 77.9 Å². The minimum atomic E-state index is -0.897. The lowest BCUT2D eigenvalue weighted by molar-refractivity contribution is -0.140. The molecule has 6 heterocycles. The van der Waals surface area contributed by atoms with Crippen LogP contribution < -0.4 is 61.4 Å². The van der Waals surface area contributed by atoms with Crippen LogP contribution in [-0.4, -0.2) is 151 Å². The van der Waals surface area contributed by atoms with E-state index < -0.39 is 29.6 Å². The molecule has 600 valence electrons. The highest BCUT2D eigenvalue weighted by Crippen LogP contribution is 2.38. The molecule has 2 fully saturated rings. The van der Waals surface area contributed by atoms with Crippen LogP contribution in [0.3, 0.4) is 0 Å². The molecule has 12 aromatic rings. The van der Waals surface area contributed by atoms with Crippen LogP contribution in [0, 0.1) is 0 Å². The summed E-state index contributed by atoms with van der Waals surface area (Å²) in [4.78, 5) is 110. The smallest absolute Gasteiger partial charge is 0.309 e. The third kappa shape index (κ3) is 23.9. The van der Waals surface area contributed by atoms with Gasteiger partial charge in [0.1, 0.15) is 63.2 Å². The number of nitrogens with zero attached hydrogens (tertiary/aromatic N) is 5. The number of aromatic nitrogens is 4. The Kier molecular flexibility index (Phi) is 31.0. The summed E-state index contributed by atoms with van der Waals surface area (Å²) >= 11 is 6.00. The molecule has 29 nitrogen and oxygen atoms in total. The molecule has 2 aliphatic rings. The maximum atomic E-state index is 12.3. The summed E-state index contributed by atoms with van der Waals surface area (Å²) in [6, 6.07) is 47.4. The molecule has 0 saturated carbocycles. The van der Waals surface area contributed by atoms with Crippen LogP contribution in [0.2, 0.25) is 5.02 Å². The van der Waals surface area contributed by atoms with Crippen LogP contribution in [0.5, 0.6) is 63.2 Å². The second kappa shape index (κ2) is 41.9. The number of aromatic hydroxyl groups is 1. The number of phenols is 1. The molecule has 2 aliphatic heterocycles. The summed E-state index contributed by atoms with van der Waals surface area (Å²) in [6.45, 7) is 4.21. The summed E-state index contributed by atoms with van der Waals surface area (Å²) < 4.78 is 47.7. The summed E-state index contributed by atoms with van der Waals surface area (Å²) in [6.07, 6.45) is 12.1. The van der Waals surface area contributed by atoms with Gasteiger partial charge >= 0.3 is 17.9 Å². The highest BCUT2D eigenvalue weighted by atomic mass is 35.5. The Morgan fingerprint density at radius 2 is 0.690 bits per heavy atom. The Morgan fingerprint density at radius 1 is 0.388 bits per heavy atom. The molecule has 0 spiro atoms. The number of methoxy groups -OCH3 is 6.